The standard InChI is InChI=1S/C25H25NO5/c1-29-24(27)23(30-17-19-11-5-2-6-12-19)22(21-15-9-4-10-16-21)26-25(28)31-18-20-13-7-3-8-14-20/h2-16,22-23H,17-18H2,1H3,(H,26,28)/t22-,23-/m0/s1. The summed E-state index contributed by atoms with van der Waals surface area (Å²) in [6.45, 7) is 0.298. The Balaban J connectivity index is 1.76. The maximum absolute atomic E-state index is 12.6. The topological polar surface area (TPSA) is 73.9 Å². The van der Waals surface area contributed by atoms with Gasteiger partial charge in [-0.2, -0.15) is 0 Å². The van der Waals surface area contributed by atoms with E-state index in [1.807, 2.05) is 91.0 Å². The Morgan fingerprint density at radius 1 is 0.774 bits per heavy atom. The molecule has 3 aromatic carbocycles. The van der Waals surface area contributed by atoms with E-state index < -0.39 is 24.2 Å². The molecule has 3 rings (SSSR count). The van der Waals surface area contributed by atoms with Gasteiger partial charge in [-0.3, -0.25) is 0 Å². The summed E-state index contributed by atoms with van der Waals surface area (Å²) < 4.78 is 16.2. The van der Waals surface area contributed by atoms with Gasteiger partial charge >= 0.3 is 12.1 Å². The molecule has 0 unspecified atom stereocenters. The first-order valence-electron chi connectivity index (χ1n) is 9.93. The summed E-state index contributed by atoms with van der Waals surface area (Å²) >= 11 is 0. The minimum absolute atomic E-state index is 0.113. The van der Waals surface area contributed by atoms with Crippen molar-refractivity contribution in [1.82, 2.24) is 5.32 Å². The SMILES string of the molecule is COC(=O)[C@@H](OCc1ccccc1)[C@@H](NC(=O)OCc1ccccc1)c1ccccc1. The second-order valence-electron chi connectivity index (χ2n) is 6.83. The number of esters is 1. The lowest BCUT2D eigenvalue weighted by Crippen LogP contribution is -2.42. The summed E-state index contributed by atoms with van der Waals surface area (Å²) in [6.07, 6.45) is -1.72. The molecule has 31 heavy (non-hydrogen) atoms. The van der Waals surface area contributed by atoms with Gasteiger partial charge in [0, 0.05) is 0 Å². The molecule has 3 aromatic rings. The van der Waals surface area contributed by atoms with Crippen molar-refractivity contribution in [2.75, 3.05) is 7.11 Å². The predicted octanol–water partition coefficient (Wildman–Crippen LogP) is 4.41. The van der Waals surface area contributed by atoms with Crippen molar-refractivity contribution >= 4 is 12.1 Å². The Morgan fingerprint density at radius 2 is 1.29 bits per heavy atom. The van der Waals surface area contributed by atoms with Crippen LogP contribution in [0.3, 0.4) is 0 Å². The van der Waals surface area contributed by atoms with Gasteiger partial charge < -0.3 is 19.5 Å². The molecule has 0 heterocycles. The third-order valence-corrected chi connectivity index (χ3v) is 4.65. The van der Waals surface area contributed by atoms with Crippen molar-refractivity contribution in [3.63, 3.8) is 0 Å². The Hall–Kier alpha value is -3.64. The molecule has 0 saturated carbocycles. The number of carbonyl (C=O) groups excluding carboxylic acids is 2. The predicted molar refractivity (Wildman–Crippen MR) is 116 cm³/mol. The molecule has 0 aliphatic carbocycles. The molecular formula is C25H25NO5. The van der Waals surface area contributed by atoms with E-state index in [2.05, 4.69) is 5.32 Å². The van der Waals surface area contributed by atoms with Gasteiger partial charge in [-0.25, -0.2) is 9.59 Å². The van der Waals surface area contributed by atoms with Crippen LogP contribution in [0, 0.1) is 0 Å². The van der Waals surface area contributed by atoms with E-state index in [-0.39, 0.29) is 13.2 Å². The van der Waals surface area contributed by atoms with Gasteiger partial charge in [-0.15, -0.1) is 0 Å². The minimum Gasteiger partial charge on any atom is -0.467 e. The second-order valence-corrected chi connectivity index (χ2v) is 6.83. The van der Waals surface area contributed by atoms with Gasteiger partial charge in [-0.1, -0.05) is 91.0 Å². The molecule has 0 saturated heterocycles. The Labute approximate surface area is 181 Å². The number of benzene rings is 3. The summed E-state index contributed by atoms with van der Waals surface area (Å²) in [5, 5.41) is 2.77. The first kappa shape index (κ1) is 22.1. The van der Waals surface area contributed by atoms with Crippen molar-refractivity contribution in [3.05, 3.63) is 108 Å². The zero-order valence-corrected chi connectivity index (χ0v) is 17.3. The van der Waals surface area contributed by atoms with Crippen LogP contribution in [0.4, 0.5) is 4.79 Å². The molecule has 0 spiro atoms. The number of methoxy groups -OCH3 is 1. The van der Waals surface area contributed by atoms with Gasteiger partial charge in [0.2, 0.25) is 0 Å². The van der Waals surface area contributed by atoms with Crippen LogP contribution in [-0.2, 0) is 32.2 Å². The Bertz CT molecular complexity index is 947. The zero-order chi connectivity index (χ0) is 21.9. The lowest BCUT2D eigenvalue weighted by atomic mass is 10.0. The molecule has 0 aromatic heterocycles. The van der Waals surface area contributed by atoms with Crippen LogP contribution in [-0.4, -0.2) is 25.3 Å². The molecule has 1 N–H and O–H groups in total. The van der Waals surface area contributed by atoms with Gasteiger partial charge in [-0.05, 0) is 16.7 Å². The normalized spacial score (nSPS) is 12.4. The molecule has 160 valence electrons. The average molecular weight is 419 g/mol. The van der Waals surface area contributed by atoms with E-state index in [1.54, 1.807) is 0 Å². The number of hydrogen-bond donors (Lipinski definition) is 1. The quantitative estimate of drug-likeness (QED) is 0.520. The third-order valence-electron chi connectivity index (χ3n) is 4.65. The number of ether oxygens (including phenoxy) is 3. The molecule has 0 bridgehead atoms. The summed E-state index contributed by atoms with van der Waals surface area (Å²) in [4.78, 5) is 25.1. The smallest absolute Gasteiger partial charge is 0.408 e. The molecule has 0 radical (unpaired) electrons. The lowest BCUT2D eigenvalue weighted by Gasteiger charge is -2.26. The molecule has 0 aliphatic rings. The van der Waals surface area contributed by atoms with E-state index in [1.165, 1.54) is 7.11 Å². The molecule has 2 atom stereocenters. The highest BCUT2D eigenvalue weighted by Crippen LogP contribution is 2.22. The van der Waals surface area contributed by atoms with Crippen molar-refractivity contribution in [3.8, 4) is 0 Å². The van der Waals surface area contributed by atoms with Crippen LogP contribution in [0.25, 0.3) is 0 Å². The number of alkyl carbamates (subject to hydrolysis) is 1. The number of rotatable bonds is 9. The average Bonchev–Trinajstić information content (AvgIpc) is 2.83. The molecular weight excluding hydrogens is 394 g/mol. The van der Waals surface area contributed by atoms with Crippen LogP contribution in [0.1, 0.15) is 22.7 Å². The Morgan fingerprint density at radius 3 is 1.84 bits per heavy atom. The number of amides is 1. The molecule has 0 fully saturated rings. The largest absolute Gasteiger partial charge is 0.467 e. The number of hydrogen-bond acceptors (Lipinski definition) is 5. The van der Waals surface area contributed by atoms with Crippen LogP contribution in [0.2, 0.25) is 0 Å². The number of carbonyl (C=O) groups is 2. The zero-order valence-electron chi connectivity index (χ0n) is 17.3. The monoisotopic (exact) mass is 419 g/mol. The lowest BCUT2D eigenvalue weighted by molar-refractivity contribution is -0.157. The summed E-state index contributed by atoms with van der Waals surface area (Å²) in [7, 11) is 1.29. The first-order valence-corrected chi connectivity index (χ1v) is 9.93. The second kappa shape index (κ2) is 11.5. The molecule has 0 aliphatic heterocycles. The van der Waals surface area contributed by atoms with Crippen LogP contribution >= 0.6 is 0 Å². The van der Waals surface area contributed by atoms with Crippen molar-refractivity contribution in [1.29, 1.82) is 0 Å². The molecule has 6 heteroatoms. The van der Waals surface area contributed by atoms with E-state index in [0.29, 0.717) is 5.56 Å². The van der Waals surface area contributed by atoms with Crippen LogP contribution in [0.15, 0.2) is 91.0 Å². The summed E-state index contributed by atoms with van der Waals surface area (Å²) in [5.41, 5.74) is 2.45. The van der Waals surface area contributed by atoms with Gasteiger partial charge in [0.25, 0.3) is 0 Å². The highest BCUT2D eigenvalue weighted by Gasteiger charge is 2.33. The van der Waals surface area contributed by atoms with Gasteiger partial charge in [0.15, 0.2) is 6.10 Å². The van der Waals surface area contributed by atoms with Crippen molar-refractivity contribution < 1.29 is 23.8 Å². The maximum atomic E-state index is 12.6. The summed E-state index contributed by atoms with van der Waals surface area (Å²) in [6, 6.07) is 27.2. The summed E-state index contributed by atoms with van der Waals surface area (Å²) in [5.74, 6) is -0.590. The van der Waals surface area contributed by atoms with Gasteiger partial charge in [0.1, 0.15) is 6.61 Å². The fraction of sp³-hybridized carbons (Fsp3) is 0.200. The Kier molecular flexibility index (Phi) is 8.20. The van der Waals surface area contributed by atoms with Crippen LogP contribution in [0.5, 0.6) is 0 Å². The first-order chi connectivity index (χ1) is 15.2. The van der Waals surface area contributed by atoms with Crippen molar-refractivity contribution in [2.45, 2.75) is 25.4 Å². The highest BCUT2D eigenvalue weighted by atomic mass is 16.6. The van der Waals surface area contributed by atoms with E-state index in [0.717, 1.165) is 11.1 Å². The highest BCUT2D eigenvalue weighted by molar-refractivity contribution is 5.77. The fourth-order valence-corrected chi connectivity index (χ4v) is 3.06. The third kappa shape index (κ3) is 6.69. The maximum Gasteiger partial charge on any atom is 0.408 e. The fourth-order valence-electron chi connectivity index (χ4n) is 3.06. The van der Waals surface area contributed by atoms with Crippen LogP contribution < -0.4 is 5.32 Å². The van der Waals surface area contributed by atoms with Crippen molar-refractivity contribution in [2.24, 2.45) is 0 Å². The molecule has 6 nitrogen and oxygen atoms in total. The van der Waals surface area contributed by atoms with E-state index in [9.17, 15) is 9.59 Å². The number of nitrogens with one attached hydrogen (secondary N) is 1. The van der Waals surface area contributed by atoms with E-state index >= 15 is 0 Å². The molecule has 1 amide bonds. The van der Waals surface area contributed by atoms with Gasteiger partial charge in [0.05, 0.1) is 19.8 Å². The van der Waals surface area contributed by atoms with E-state index in [4.69, 9.17) is 14.2 Å². The minimum atomic E-state index is -1.06.